The third-order valence-electron chi connectivity index (χ3n) is 4.38. The van der Waals surface area contributed by atoms with Gasteiger partial charge >= 0.3 is 11.9 Å². The fourth-order valence-corrected chi connectivity index (χ4v) is 3.59. The van der Waals surface area contributed by atoms with Crippen LogP contribution in [-0.4, -0.2) is 49.1 Å². The van der Waals surface area contributed by atoms with Crippen LogP contribution in [0.2, 0.25) is 0 Å². The number of H-pyrrole nitrogens is 1. The predicted molar refractivity (Wildman–Crippen MR) is 116 cm³/mol. The SMILES string of the molecule is Nc1nc2ccc(CSc3ccc(C(=O)NC(CCC(=O)O)C(=O)O)cc3)nc2c(=O)[nH]1. The Balaban J connectivity index is 1.62. The second-order valence-electron chi connectivity index (χ2n) is 6.73. The first kappa shape index (κ1) is 22.7. The standard InChI is InChI=1S/C20H19N5O6S/c21-20-24-13-6-3-11(22-16(13)18(29)25-20)9-32-12-4-1-10(2-5-12)17(28)23-14(19(30)31)7-8-15(26)27/h1-6,14H,7-9H2,(H,23,28)(H,26,27)(H,30,31)(H3,21,24,25,29). The third kappa shape index (κ3) is 5.82. The van der Waals surface area contributed by atoms with Gasteiger partial charge in [0.05, 0.1) is 11.2 Å². The molecule has 0 aliphatic carbocycles. The van der Waals surface area contributed by atoms with E-state index >= 15 is 0 Å². The molecule has 0 bridgehead atoms. The van der Waals surface area contributed by atoms with E-state index in [-0.39, 0.29) is 29.9 Å². The van der Waals surface area contributed by atoms with E-state index in [2.05, 4.69) is 20.3 Å². The largest absolute Gasteiger partial charge is 0.481 e. The van der Waals surface area contributed by atoms with Gasteiger partial charge in [-0.1, -0.05) is 0 Å². The zero-order valence-electron chi connectivity index (χ0n) is 16.6. The van der Waals surface area contributed by atoms with Crippen LogP contribution in [0.15, 0.2) is 46.1 Å². The van der Waals surface area contributed by atoms with Crippen molar-refractivity contribution in [2.75, 3.05) is 5.73 Å². The van der Waals surface area contributed by atoms with Gasteiger partial charge in [-0.15, -0.1) is 11.8 Å². The molecule has 11 nitrogen and oxygen atoms in total. The monoisotopic (exact) mass is 457 g/mol. The molecule has 0 fully saturated rings. The number of rotatable bonds is 9. The Kier molecular flexibility index (Phi) is 7.05. The van der Waals surface area contributed by atoms with E-state index in [9.17, 15) is 19.2 Å². The Bertz CT molecular complexity index is 1230. The molecule has 0 aliphatic heterocycles. The Labute approximate surface area is 185 Å². The van der Waals surface area contributed by atoms with Crippen LogP contribution in [0.1, 0.15) is 28.9 Å². The molecule has 1 atom stereocenters. The number of aliphatic carboxylic acids is 2. The molecule has 3 aromatic rings. The number of carbonyl (C=O) groups is 3. The van der Waals surface area contributed by atoms with Gasteiger partial charge in [-0.2, -0.15) is 0 Å². The average Bonchev–Trinajstić information content (AvgIpc) is 2.75. The van der Waals surface area contributed by atoms with Crippen LogP contribution in [0.25, 0.3) is 11.0 Å². The zero-order chi connectivity index (χ0) is 23.3. The maximum atomic E-state index is 12.3. The molecule has 0 radical (unpaired) electrons. The van der Waals surface area contributed by atoms with Crippen molar-refractivity contribution < 1.29 is 24.6 Å². The quantitative estimate of drug-likeness (QED) is 0.292. The molecule has 0 saturated carbocycles. The smallest absolute Gasteiger partial charge is 0.326 e. The normalized spacial score (nSPS) is 11.8. The van der Waals surface area contributed by atoms with Crippen LogP contribution >= 0.6 is 11.8 Å². The third-order valence-corrected chi connectivity index (χ3v) is 5.43. The van der Waals surface area contributed by atoms with E-state index in [4.69, 9.17) is 15.9 Å². The van der Waals surface area contributed by atoms with Gasteiger partial charge in [0, 0.05) is 22.6 Å². The van der Waals surface area contributed by atoms with Crippen LogP contribution in [0.4, 0.5) is 5.95 Å². The number of benzene rings is 1. The lowest BCUT2D eigenvalue weighted by Gasteiger charge is -2.13. The van der Waals surface area contributed by atoms with Crippen LogP contribution < -0.4 is 16.6 Å². The molecule has 2 aromatic heterocycles. The summed E-state index contributed by atoms with van der Waals surface area (Å²) in [7, 11) is 0. The van der Waals surface area contributed by atoms with Gasteiger partial charge in [0.25, 0.3) is 11.5 Å². The number of nitrogen functional groups attached to an aromatic ring is 1. The first-order chi connectivity index (χ1) is 15.2. The molecule has 1 aromatic carbocycles. The van der Waals surface area contributed by atoms with Crippen molar-refractivity contribution in [1.29, 1.82) is 0 Å². The number of carboxylic acid groups (broad SMARTS) is 2. The van der Waals surface area contributed by atoms with Crippen molar-refractivity contribution >= 4 is 46.6 Å². The molecular weight excluding hydrogens is 438 g/mol. The summed E-state index contributed by atoms with van der Waals surface area (Å²) >= 11 is 1.43. The number of hydrogen-bond donors (Lipinski definition) is 5. The Morgan fingerprint density at radius 1 is 1.09 bits per heavy atom. The van der Waals surface area contributed by atoms with Gasteiger partial charge in [0.15, 0.2) is 5.52 Å². The van der Waals surface area contributed by atoms with Crippen molar-refractivity contribution in [3.63, 3.8) is 0 Å². The second kappa shape index (κ2) is 9.92. The van der Waals surface area contributed by atoms with Gasteiger partial charge < -0.3 is 21.3 Å². The molecule has 32 heavy (non-hydrogen) atoms. The van der Waals surface area contributed by atoms with Crippen LogP contribution in [0.5, 0.6) is 0 Å². The van der Waals surface area contributed by atoms with E-state index in [0.717, 1.165) is 4.90 Å². The summed E-state index contributed by atoms with van der Waals surface area (Å²) in [5.41, 5.74) is 6.60. The molecule has 6 N–H and O–H groups in total. The van der Waals surface area contributed by atoms with Gasteiger partial charge in [-0.3, -0.25) is 19.4 Å². The Morgan fingerprint density at radius 3 is 2.47 bits per heavy atom. The molecule has 0 aliphatic rings. The number of aromatic amines is 1. The lowest BCUT2D eigenvalue weighted by Crippen LogP contribution is -2.41. The number of aromatic nitrogens is 3. The minimum absolute atomic E-state index is 0.0205. The van der Waals surface area contributed by atoms with Crippen molar-refractivity contribution in [2.24, 2.45) is 0 Å². The minimum Gasteiger partial charge on any atom is -0.481 e. The maximum Gasteiger partial charge on any atom is 0.326 e. The van der Waals surface area contributed by atoms with Gasteiger partial charge in [0.1, 0.15) is 6.04 Å². The Morgan fingerprint density at radius 2 is 1.81 bits per heavy atom. The number of nitrogens with one attached hydrogen (secondary N) is 2. The first-order valence-electron chi connectivity index (χ1n) is 9.36. The van der Waals surface area contributed by atoms with Crippen molar-refractivity contribution in [3.05, 3.63) is 58.0 Å². The topological polar surface area (TPSA) is 188 Å². The number of anilines is 1. The minimum atomic E-state index is -1.30. The molecule has 2 heterocycles. The molecule has 0 spiro atoms. The number of nitrogens with zero attached hydrogens (tertiary/aromatic N) is 2. The summed E-state index contributed by atoms with van der Waals surface area (Å²) in [6.45, 7) is 0. The number of thioether (sulfide) groups is 1. The molecule has 166 valence electrons. The highest BCUT2D eigenvalue weighted by molar-refractivity contribution is 7.98. The predicted octanol–water partition coefficient (Wildman–Crippen LogP) is 1.24. The van der Waals surface area contributed by atoms with E-state index < -0.39 is 29.4 Å². The van der Waals surface area contributed by atoms with Gasteiger partial charge in [-0.25, -0.2) is 14.8 Å². The summed E-state index contributed by atoms with van der Waals surface area (Å²) < 4.78 is 0. The summed E-state index contributed by atoms with van der Waals surface area (Å²) in [4.78, 5) is 57.7. The average molecular weight is 457 g/mol. The Hall–Kier alpha value is -3.93. The van der Waals surface area contributed by atoms with Crippen LogP contribution in [-0.2, 0) is 15.3 Å². The molecule has 3 rings (SSSR count). The summed E-state index contributed by atoms with van der Waals surface area (Å²) in [6, 6.07) is 8.59. The fraction of sp³-hybridized carbons (Fsp3) is 0.200. The number of amides is 1. The number of fused-ring (bicyclic) bond motifs is 1. The number of nitrogens with two attached hydrogens (primary N) is 1. The maximum absolute atomic E-state index is 12.3. The highest BCUT2D eigenvalue weighted by Crippen LogP contribution is 2.23. The summed E-state index contributed by atoms with van der Waals surface area (Å²) in [5.74, 6) is -2.57. The van der Waals surface area contributed by atoms with Crippen LogP contribution in [0.3, 0.4) is 0 Å². The van der Waals surface area contributed by atoms with Gasteiger partial charge in [0.2, 0.25) is 5.95 Å². The number of hydrogen-bond acceptors (Lipinski definition) is 8. The summed E-state index contributed by atoms with van der Waals surface area (Å²) in [6.07, 6.45) is -0.584. The number of pyridine rings is 1. The van der Waals surface area contributed by atoms with Crippen molar-refractivity contribution in [2.45, 2.75) is 29.5 Å². The zero-order valence-corrected chi connectivity index (χ0v) is 17.4. The van der Waals surface area contributed by atoms with E-state index in [1.54, 1.807) is 36.4 Å². The number of carboxylic acids is 2. The lowest BCUT2D eigenvalue weighted by atomic mass is 10.1. The molecule has 1 unspecified atom stereocenters. The van der Waals surface area contributed by atoms with Crippen molar-refractivity contribution in [1.82, 2.24) is 20.3 Å². The lowest BCUT2D eigenvalue weighted by molar-refractivity contribution is -0.140. The van der Waals surface area contributed by atoms with Crippen molar-refractivity contribution in [3.8, 4) is 0 Å². The second-order valence-corrected chi connectivity index (χ2v) is 7.78. The highest BCUT2D eigenvalue weighted by atomic mass is 32.2. The summed E-state index contributed by atoms with van der Waals surface area (Å²) in [5, 5.41) is 20.2. The molecular formula is C20H19N5O6S. The van der Waals surface area contributed by atoms with Gasteiger partial charge in [-0.05, 0) is 42.8 Å². The first-order valence-corrected chi connectivity index (χ1v) is 10.3. The number of carbonyl (C=O) groups excluding carboxylic acids is 1. The molecule has 1 amide bonds. The van der Waals surface area contributed by atoms with Crippen LogP contribution in [0, 0.1) is 0 Å². The van der Waals surface area contributed by atoms with E-state index in [0.29, 0.717) is 17.0 Å². The molecule has 0 saturated heterocycles. The highest BCUT2D eigenvalue weighted by Gasteiger charge is 2.21. The van der Waals surface area contributed by atoms with E-state index in [1.807, 2.05) is 0 Å². The molecule has 12 heteroatoms. The van der Waals surface area contributed by atoms with E-state index in [1.165, 1.54) is 11.8 Å². The fourth-order valence-electron chi connectivity index (χ4n) is 2.79.